The lowest BCUT2D eigenvalue weighted by Gasteiger charge is -2.25. The summed E-state index contributed by atoms with van der Waals surface area (Å²) >= 11 is 7.18. The molecule has 1 N–H and O–H groups in total. The predicted molar refractivity (Wildman–Crippen MR) is 157 cm³/mol. The van der Waals surface area contributed by atoms with Crippen LogP contribution >= 0.6 is 22.9 Å². The zero-order valence-electron chi connectivity index (χ0n) is 22.7. The number of halogens is 1. The maximum absolute atomic E-state index is 13.8. The Morgan fingerprint density at radius 3 is 2.56 bits per heavy atom. The van der Waals surface area contributed by atoms with Gasteiger partial charge in [-0.2, -0.15) is 0 Å². The number of nitrogens with zero attached hydrogens (tertiary/aromatic N) is 3. The summed E-state index contributed by atoms with van der Waals surface area (Å²) in [4.78, 5) is 45.4. The van der Waals surface area contributed by atoms with Gasteiger partial charge in [-0.1, -0.05) is 35.1 Å². The molecule has 11 heteroatoms. The third-order valence-corrected chi connectivity index (χ3v) is 7.94. The molecule has 0 amide bonds. The Morgan fingerprint density at radius 1 is 1.17 bits per heavy atom. The standard InChI is InChI=1S/C30H26ClN3O6S/c1-5-39-29(38)25-16(2)32-30-34(26(25)17-6-9-19(10-7-17)33(3)4)27(35)24(41-30)15-20-11-13-23(40-20)18-8-12-22(31)21(14-18)28(36)37/h6-15,26H,5H2,1-4H3,(H,36,37)/b24-15+/t26-/m1/s1. The van der Waals surface area contributed by atoms with E-state index in [0.29, 0.717) is 37.7 Å². The number of furan rings is 1. The molecule has 0 radical (unpaired) electrons. The second kappa shape index (κ2) is 11.2. The third-order valence-electron chi connectivity index (χ3n) is 6.62. The average molecular weight is 592 g/mol. The first-order valence-corrected chi connectivity index (χ1v) is 13.9. The number of ether oxygens (including phenoxy) is 1. The molecule has 2 aromatic heterocycles. The van der Waals surface area contributed by atoms with E-state index in [0.717, 1.165) is 11.3 Å². The van der Waals surface area contributed by atoms with Gasteiger partial charge in [0, 0.05) is 31.4 Å². The highest BCUT2D eigenvalue weighted by Gasteiger charge is 2.33. The number of allylic oxidation sites excluding steroid dienone is 1. The van der Waals surface area contributed by atoms with Crippen LogP contribution in [0.2, 0.25) is 5.02 Å². The first-order valence-electron chi connectivity index (χ1n) is 12.7. The fourth-order valence-electron chi connectivity index (χ4n) is 4.62. The summed E-state index contributed by atoms with van der Waals surface area (Å²) in [6.45, 7) is 3.66. The largest absolute Gasteiger partial charge is 0.478 e. The lowest BCUT2D eigenvalue weighted by atomic mass is 9.95. The van der Waals surface area contributed by atoms with Gasteiger partial charge in [-0.3, -0.25) is 9.36 Å². The molecular weight excluding hydrogens is 566 g/mol. The summed E-state index contributed by atoms with van der Waals surface area (Å²) in [7, 11) is 3.87. The zero-order valence-corrected chi connectivity index (χ0v) is 24.2. The molecule has 4 aromatic rings. The van der Waals surface area contributed by atoms with Crippen molar-refractivity contribution in [1.82, 2.24) is 4.57 Å². The summed E-state index contributed by atoms with van der Waals surface area (Å²) in [5.41, 5.74) is 2.67. The molecular formula is C30H26ClN3O6S. The van der Waals surface area contributed by atoms with Gasteiger partial charge >= 0.3 is 11.9 Å². The number of carboxylic acid groups (broad SMARTS) is 1. The van der Waals surface area contributed by atoms with Crippen molar-refractivity contribution >= 4 is 46.6 Å². The molecule has 0 aliphatic carbocycles. The average Bonchev–Trinajstić information content (AvgIpc) is 3.52. The minimum Gasteiger partial charge on any atom is -0.478 e. The summed E-state index contributed by atoms with van der Waals surface area (Å²) < 4.78 is 13.2. The van der Waals surface area contributed by atoms with Gasteiger partial charge < -0.3 is 19.2 Å². The van der Waals surface area contributed by atoms with E-state index in [1.54, 1.807) is 38.1 Å². The normalized spacial score (nSPS) is 15.0. The van der Waals surface area contributed by atoms with E-state index < -0.39 is 18.0 Å². The summed E-state index contributed by atoms with van der Waals surface area (Å²) in [6.07, 6.45) is 1.61. The number of rotatable bonds is 7. The Kier molecular flexibility index (Phi) is 7.70. The number of thiazole rings is 1. The summed E-state index contributed by atoms with van der Waals surface area (Å²) in [5.74, 6) is -0.856. The van der Waals surface area contributed by atoms with Crippen molar-refractivity contribution in [2.24, 2.45) is 4.99 Å². The fourth-order valence-corrected chi connectivity index (χ4v) is 5.84. The number of carboxylic acids is 1. The van der Waals surface area contributed by atoms with Gasteiger partial charge in [0.15, 0.2) is 4.80 Å². The van der Waals surface area contributed by atoms with E-state index in [2.05, 4.69) is 4.99 Å². The van der Waals surface area contributed by atoms with Crippen LogP contribution in [0.4, 0.5) is 5.69 Å². The van der Waals surface area contributed by atoms with E-state index in [1.807, 2.05) is 43.3 Å². The molecule has 0 saturated heterocycles. The molecule has 1 atom stereocenters. The van der Waals surface area contributed by atoms with E-state index >= 15 is 0 Å². The van der Waals surface area contributed by atoms with Gasteiger partial charge in [0.05, 0.1) is 39.0 Å². The van der Waals surface area contributed by atoms with Crippen LogP contribution in [-0.2, 0) is 9.53 Å². The molecule has 0 bridgehead atoms. The van der Waals surface area contributed by atoms with Crippen molar-refractivity contribution in [3.05, 3.63) is 107 Å². The van der Waals surface area contributed by atoms with E-state index in [1.165, 1.54) is 28.0 Å². The number of aromatic carboxylic acids is 1. The van der Waals surface area contributed by atoms with E-state index in [9.17, 15) is 19.5 Å². The van der Waals surface area contributed by atoms with Gasteiger partial charge in [-0.15, -0.1) is 0 Å². The maximum Gasteiger partial charge on any atom is 0.338 e. The number of aromatic nitrogens is 1. The van der Waals surface area contributed by atoms with Crippen LogP contribution in [0, 0.1) is 0 Å². The lowest BCUT2D eigenvalue weighted by Crippen LogP contribution is -2.39. The SMILES string of the molecule is CCOC(=O)C1=C(C)N=c2s/c(=C/c3ccc(-c4ccc(Cl)c(C(=O)O)c4)o3)c(=O)n2[C@@H]1c1ccc(N(C)C)cc1. The zero-order chi connectivity index (χ0) is 29.4. The summed E-state index contributed by atoms with van der Waals surface area (Å²) in [5, 5.41) is 9.51. The molecule has 1 aliphatic rings. The van der Waals surface area contributed by atoms with E-state index in [-0.39, 0.29) is 22.8 Å². The van der Waals surface area contributed by atoms with Crippen LogP contribution in [0.25, 0.3) is 17.4 Å². The van der Waals surface area contributed by atoms with Crippen molar-refractivity contribution in [3.63, 3.8) is 0 Å². The van der Waals surface area contributed by atoms with Crippen LogP contribution < -0.4 is 19.8 Å². The molecule has 5 rings (SSSR count). The van der Waals surface area contributed by atoms with Gasteiger partial charge in [0.25, 0.3) is 5.56 Å². The maximum atomic E-state index is 13.8. The number of benzene rings is 2. The molecule has 2 aromatic carbocycles. The molecule has 3 heterocycles. The molecule has 1 aliphatic heterocycles. The van der Waals surface area contributed by atoms with Crippen LogP contribution in [-0.4, -0.2) is 42.3 Å². The van der Waals surface area contributed by atoms with Crippen LogP contribution in [0.15, 0.2) is 80.1 Å². The number of hydrogen-bond donors (Lipinski definition) is 1. The van der Waals surface area contributed by atoms with Crippen molar-refractivity contribution in [2.75, 3.05) is 25.6 Å². The number of fused-ring (bicyclic) bond motifs is 1. The van der Waals surface area contributed by atoms with Crippen molar-refractivity contribution in [2.45, 2.75) is 19.9 Å². The van der Waals surface area contributed by atoms with Crippen molar-refractivity contribution in [3.8, 4) is 11.3 Å². The Bertz CT molecular complexity index is 1880. The predicted octanol–water partition coefficient (Wildman–Crippen LogP) is 4.48. The van der Waals surface area contributed by atoms with Crippen molar-refractivity contribution < 1.29 is 23.8 Å². The molecule has 210 valence electrons. The number of esters is 1. The highest BCUT2D eigenvalue weighted by Crippen LogP contribution is 2.32. The fraction of sp³-hybridized carbons (Fsp3) is 0.200. The van der Waals surface area contributed by atoms with E-state index in [4.69, 9.17) is 20.8 Å². The molecule has 41 heavy (non-hydrogen) atoms. The van der Waals surface area contributed by atoms with Crippen LogP contribution in [0.3, 0.4) is 0 Å². The molecule has 0 saturated carbocycles. The smallest absolute Gasteiger partial charge is 0.338 e. The van der Waals surface area contributed by atoms with Crippen LogP contribution in [0.1, 0.15) is 41.6 Å². The summed E-state index contributed by atoms with van der Waals surface area (Å²) in [6, 6.07) is 14.9. The first kappa shape index (κ1) is 28.1. The Labute approximate surface area is 243 Å². The molecule has 0 unspecified atom stereocenters. The monoisotopic (exact) mass is 591 g/mol. The second-order valence-corrected chi connectivity index (χ2v) is 10.9. The molecule has 9 nitrogen and oxygen atoms in total. The minimum atomic E-state index is -1.15. The van der Waals surface area contributed by atoms with Gasteiger partial charge in [-0.25, -0.2) is 14.6 Å². The third kappa shape index (κ3) is 5.36. The van der Waals surface area contributed by atoms with Gasteiger partial charge in [0.1, 0.15) is 11.5 Å². The van der Waals surface area contributed by atoms with Gasteiger partial charge in [-0.05, 0) is 61.9 Å². The lowest BCUT2D eigenvalue weighted by molar-refractivity contribution is -0.139. The molecule has 0 spiro atoms. The van der Waals surface area contributed by atoms with Gasteiger partial charge in [0.2, 0.25) is 0 Å². The number of anilines is 1. The molecule has 0 fully saturated rings. The highest BCUT2D eigenvalue weighted by atomic mass is 35.5. The Hall–Kier alpha value is -4.41. The Morgan fingerprint density at radius 2 is 1.90 bits per heavy atom. The van der Waals surface area contributed by atoms with Crippen LogP contribution in [0.5, 0.6) is 0 Å². The minimum absolute atomic E-state index is 0.0400. The number of carbonyl (C=O) groups excluding carboxylic acids is 1. The Balaban J connectivity index is 1.61. The topological polar surface area (TPSA) is 114 Å². The second-order valence-electron chi connectivity index (χ2n) is 9.49. The van der Waals surface area contributed by atoms with Crippen molar-refractivity contribution in [1.29, 1.82) is 0 Å². The number of carbonyl (C=O) groups is 2. The number of hydrogen-bond acceptors (Lipinski definition) is 8. The first-order chi connectivity index (χ1) is 19.6. The quantitative estimate of drug-likeness (QED) is 0.315. The highest BCUT2D eigenvalue weighted by molar-refractivity contribution is 7.07.